The Hall–Kier alpha value is -3.61. The van der Waals surface area contributed by atoms with Crippen LogP contribution in [-0.4, -0.2) is 33.2 Å². The van der Waals surface area contributed by atoms with E-state index in [-0.39, 0.29) is 30.1 Å². The second kappa shape index (κ2) is 10.3. The zero-order valence-electron chi connectivity index (χ0n) is 18.6. The van der Waals surface area contributed by atoms with Crippen LogP contribution in [0.3, 0.4) is 0 Å². The van der Waals surface area contributed by atoms with Crippen molar-refractivity contribution < 1.29 is 14.0 Å². The van der Waals surface area contributed by atoms with Gasteiger partial charge in [0.2, 0.25) is 5.91 Å². The van der Waals surface area contributed by atoms with E-state index in [0.717, 1.165) is 24.8 Å². The van der Waals surface area contributed by atoms with Crippen LogP contribution in [0, 0.1) is 12.7 Å². The molecule has 6 nitrogen and oxygen atoms in total. The SMILES string of the molecule is Cc1nc([C@@H]2CCCCN2C(=O)Cc2ccccc2F)ncc1C(=O)NCc1ccccc1. The normalized spacial score (nSPS) is 15.8. The third-order valence-corrected chi connectivity index (χ3v) is 5.96. The molecule has 1 aliphatic rings. The molecule has 0 aliphatic carbocycles. The molecular formula is C26H27FN4O2. The number of aromatic nitrogens is 2. The summed E-state index contributed by atoms with van der Waals surface area (Å²) in [6.45, 7) is 2.78. The molecule has 1 N–H and O–H groups in total. The average Bonchev–Trinajstić information content (AvgIpc) is 2.84. The van der Waals surface area contributed by atoms with Crippen molar-refractivity contribution in [2.75, 3.05) is 6.54 Å². The van der Waals surface area contributed by atoms with Crippen LogP contribution in [0.4, 0.5) is 4.39 Å². The molecule has 1 aliphatic heterocycles. The highest BCUT2D eigenvalue weighted by Crippen LogP contribution is 2.30. The molecule has 4 rings (SSSR count). The number of carbonyl (C=O) groups is 2. The van der Waals surface area contributed by atoms with E-state index in [1.54, 1.807) is 30.0 Å². The zero-order valence-corrected chi connectivity index (χ0v) is 18.6. The summed E-state index contributed by atoms with van der Waals surface area (Å²) in [6, 6.07) is 15.7. The number of carbonyl (C=O) groups excluding carboxylic acids is 2. The van der Waals surface area contributed by atoms with Gasteiger partial charge in [-0.15, -0.1) is 0 Å². The largest absolute Gasteiger partial charge is 0.348 e. The number of rotatable bonds is 6. The smallest absolute Gasteiger partial charge is 0.254 e. The molecule has 1 saturated heterocycles. The van der Waals surface area contributed by atoms with Gasteiger partial charge in [-0.3, -0.25) is 9.59 Å². The predicted molar refractivity (Wildman–Crippen MR) is 123 cm³/mol. The fraction of sp³-hybridized carbons (Fsp3) is 0.308. The van der Waals surface area contributed by atoms with Crippen LogP contribution in [0.15, 0.2) is 60.8 Å². The number of halogens is 1. The number of hydrogen-bond acceptors (Lipinski definition) is 4. The van der Waals surface area contributed by atoms with E-state index < -0.39 is 0 Å². The highest BCUT2D eigenvalue weighted by Gasteiger charge is 2.30. The summed E-state index contributed by atoms with van der Waals surface area (Å²) in [6.07, 6.45) is 4.12. The summed E-state index contributed by atoms with van der Waals surface area (Å²) in [5.41, 5.74) is 2.37. The Labute approximate surface area is 192 Å². The molecule has 1 fully saturated rings. The van der Waals surface area contributed by atoms with Crippen LogP contribution >= 0.6 is 0 Å². The van der Waals surface area contributed by atoms with Gasteiger partial charge in [-0.25, -0.2) is 14.4 Å². The number of amides is 2. The van der Waals surface area contributed by atoms with Gasteiger partial charge in [0, 0.05) is 19.3 Å². The predicted octanol–water partition coefficient (Wildman–Crippen LogP) is 4.15. The molecule has 170 valence electrons. The maximum atomic E-state index is 14.0. The lowest BCUT2D eigenvalue weighted by molar-refractivity contribution is -0.134. The quantitative estimate of drug-likeness (QED) is 0.617. The maximum absolute atomic E-state index is 14.0. The number of hydrogen-bond donors (Lipinski definition) is 1. The van der Waals surface area contributed by atoms with Crippen LogP contribution in [0.5, 0.6) is 0 Å². The van der Waals surface area contributed by atoms with E-state index in [0.29, 0.717) is 35.7 Å². The van der Waals surface area contributed by atoms with E-state index in [9.17, 15) is 14.0 Å². The van der Waals surface area contributed by atoms with Crippen molar-refractivity contribution in [3.05, 3.63) is 94.8 Å². The van der Waals surface area contributed by atoms with Crippen LogP contribution in [0.25, 0.3) is 0 Å². The third kappa shape index (κ3) is 5.42. The molecule has 1 aromatic heterocycles. The highest BCUT2D eigenvalue weighted by molar-refractivity contribution is 5.94. The van der Waals surface area contributed by atoms with E-state index in [2.05, 4.69) is 15.3 Å². The van der Waals surface area contributed by atoms with Crippen molar-refractivity contribution in [1.82, 2.24) is 20.2 Å². The zero-order chi connectivity index (χ0) is 23.2. The lowest BCUT2D eigenvalue weighted by Gasteiger charge is -2.35. The van der Waals surface area contributed by atoms with Crippen molar-refractivity contribution in [2.45, 2.75) is 45.2 Å². The molecule has 0 unspecified atom stereocenters. The number of piperidine rings is 1. The lowest BCUT2D eigenvalue weighted by Crippen LogP contribution is -2.40. The summed E-state index contributed by atoms with van der Waals surface area (Å²) < 4.78 is 14.0. The Morgan fingerprint density at radius 2 is 1.85 bits per heavy atom. The fourth-order valence-corrected chi connectivity index (χ4v) is 4.15. The lowest BCUT2D eigenvalue weighted by atomic mass is 9.99. The van der Waals surface area contributed by atoms with Gasteiger partial charge in [0.05, 0.1) is 23.7 Å². The number of nitrogens with zero attached hydrogens (tertiary/aromatic N) is 3. The van der Waals surface area contributed by atoms with Gasteiger partial charge in [0.25, 0.3) is 5.91 Å². The second-order valence-corrected chi connectivity index (χ2v) is 8.26. The van der Waals surface area contributed by atoms with Crippen molar-refractivity contribution in [3.8, 4) is 0 Å². The van der Waals surface area contributed by atoms with Crippen LogP contribution in [-0.2, 0) is 17.8 Å². The van der Waals surface area contributed by atoms with E-state index in [1.165, 1.54) is 12.3 Å². The molecule has 0 saturated carbocycles. The number of nitrogens with one attached hydrogen (secondary N) is 1. The highest BCUT2D eigenvalue weighted by atomic mass is 19.1. The molecule has 0 bridgehead atoms. The van der Waals surface area contributed by atoms with Crippen LogP contribution < -0.4 is 5.32 Å². The summed E-state index contributed by atoms with van der Waals surface area (Å²) >= 11 is 0. The Bertz CT molecular complexity index is 1140. The second-order valence-electron chi connectivity index (χ2n) is 8.26. The number of likely N-dealkylation sites (tertiary alicyclic amines) is 1. The fourth-order valence-electron chi connectivity index (χ4n) is 4.15. The Morgan fingerprint density at radius 3 is 2.61 bits per heavy atom. The molecule has 7 heteroatoms. The Kier molecular flexibility index (Phi) is 7.07. The van der Waals surface area contributed by atoms with Crippen LogP contribution in [0.2, 0.25) is 0 Å². The van der Waals surface area contributed by atoms with Gasteiger partial charge in [-0.1, -0.05) is 48.5 Å². The first-order valence-electron chi connectivity index (χ1n) is 11.2. The summed E-state index contributed by atoms with van der Waals surface area (Å²) in [5, 5.41) is 2.90. The molecule has 0 radical (unpaired) electrons. The van der Waals surface area contributed by atoms with Gasteiger partial charge >= 0.3 is 0 Å². The van der Waals surface area contributed by atoms with Crippen molar-refractivity contribution in [3.63, 3.8) is 0 Å². The molecule has 0 spiro atoms. The van der Waals surface area contributed by atoms with Gasteiger partial charge in [0.15, 0.2) is 5.82 Å². The minimum atomic E-state index is -0.377. The maximum Gasteiger partial charge on any atom is 0.254 e. The van der Waals surface area contributed by atoms with Gasteiger partial charge < -0.3 is 10.2 Å². The molecule has 1 atom stereocenters. The minimum Gasteiger partial charge on any atom is -0.348 e. The average molecular weight is 447 g/mol. The summed E-state index contributed by atoms with van der Waals surface area (Å²) in [5.74, 6) is -0.235. The number of benzene rings is 2. The van der Waals surface area contributed by atoms with Crippen molar-refractivity contribution in [2.24, 2.45) is 0 Å². The first-order chi connectivity index (χ1) is 16.0. The van der Waals surface area contributed by atoms with Crippen molar-refractivity contribution in [1.29, 1.82) is 0 Å². The minimum absolute atomic E-state index is 0.00211. The molecular weight excluding hydrogens is 419 g/mol. The first-order valence-corrected chi connectivity index (χ1v) is 11.2. The molecule has 2 heterocycles. The molecule has 3 aromatic rings. The van der Waals surface area contributed by atoms with E-state index in [1.807, 2.05) is 30.3 Å². The monoisotopic (exact) mass is 446 g/mol. The Balaban J connectivity index is 1.47. The third-order valence-electron chi connectivity index (χ3n) is 5.96. The van der Waals surface area contributed by atoms with E-state index in [4.69, 9.17) is 0 Å². The first kappa shape index (κ1) is 22.6. The van der Waals surface area contributed by atoms with Gasteiger partial charge in [0.1, 0.15) is 5.82 Å². The number of aryl methyl sites for hydroxylation is 1. The van der Waals surface area contributed by atoms with Gasteiger partial charge in [-0.2, -0.15) is 0 Å². The van der Waals surface area contributed by atoms with E-state index >= 15 is 0 Å². The molecule has 2 amide bonds. The summed E-state index contributed by atoms with van der Waals surface area (Å²) in [4.78, 5) is 36.5. The molecule has 2 aromatic carbocycles. The molecule has 33 heavy (non-hydrogen) atoms. The van der Waals surface area contributed by atoms with Crippen LogP contribution in [0.1, 0.15) is 58.3 Å². The topological polar surface area (TPSA) is 75.2 Å². The van der Waals surface area contributed by atoms with Gasteiger partial charge in [-0.05, 0) is 43.4 Å². The van der Waals surface area contributed by atoms with Crippen molar-refractivity contribution >= 4 is 11.8 Å². The standard InChI is InChI=1S/C26H27FN4O2/c1-18-21(26(33)29-16-19-9-3-2-4-10-19)17-28-25(30-18)23-13-7-8-14-31(23)24(32)15-20-11-5-6-12-22(20)27/h2-6,9-12,17,23H,7-8,13-16H2,1H3,(H,29,33)/t23-/m0/s1. The summed E-state index contributed by atoms with van der Waals surface area (Å²) in [7, 11) is 0. The Morgan fingerprint density at radius 1 is 1.09 bits per heavy atom.